The summed E-state index contributed by atoms with van der Waals surface area (Å²) in [6.07, 6.45) is 3.82. The molecule has 1 aromatic heterocycles. The third kappa shape index (κ3) is 4.61. The maximum absolute atomic E-state index is 10.7. The Morgan fingerprint density at radius 1 is 1.58 bits per heavy atom. The number of guanidine groups is 1. The van der Waals surface area contributed by atoms with Crippen molar-refractivity contribution < 1.29 is 5.11 Å². The van der Waals surface area contributed by atoms with Crippen LogP contribution in [-0.2, 0) is 13.6 Å². The molecule has 0 amide bonds. The molecule has 2 rings (SSSR count). The molecule has 0 saturated heterocycles. The largest absolute Gasteiger partial charge is 0.387 e. The first-order valence-electron chi connectivity index (χ1n) is 8.53. The lowest BCUT2D eigenvalue weighted by Crippen LogP contribution is -2.53. The molecule has 0 aliphatic heterocycles. The molecule has 1 saturated carbocycles. The van der Waals surface area contributed by atoms with E-state index in [4.69, 9.17) is 16.6 Å². The van der Waals surface area contributed by atoms with E-state index >= 15 is 0 Å². The van der Waals surface area contributed by atoms with Gasteiger partial charge in [-0.15, -0.1) is 0 Å². The van der Waals surface area contributed by atoms with Crippen LogP contribution in [0.2, 0.25) is 5.02 Å². The summed E-state index contributed by atoms with van der Waals surface area (Å²) in [7, 11) is 3.99. The van der Waals surface area contributed by atoms with Crippen LogP contribution in [0.15, 0.2) is 17.3 Å². The highest BCUT2D eigenvalue weighted by molar-refractivity contribution is 8.00. The summed E-state index contributed by atoms with van der Waals surface area (Å²) in [5.41, 5.74) is 0.464. The van der Waals surface area contributed by atoms with Gasteiger partial charge in [0.25, 0.3) is 0 Å². The minimum Gasteiger partial charge on any atom is -0.387 e. The summed E-state index contributed by atoms with van der Waals surface area (Å²) in [6.45, 7) is 6.14. The van der Waals surface area contributed by atoms with E-state index in [0.717, 1.165) is 41.8 Å². The number of aliphatic hydroxyl groups is 1. The molecule has 0 radical (unpaired) electrons. The van der Waals surface area contributed by atoms with Gasteiger partial charge in [-0.3, -0.25) is 4.99 Å². The molecule has 1 aromatic rings. The van der Waals surface area contributed by atoms with Crippen LogP contribution in [0.4, 0.5) is 0 Å². The monoisotopic (exact) mass is 372 g/mol. The molecule has 24 heavy (non-hydrogen) atoms. The first kappa shape index (κ1) is 19.5. The second kappa shape index (κ2) is 8.50. The maximum Gasteiger partial charge on any atom is 0.194 e. The fourth-order valence-electron chi connectivity index (χ4n) is 2.94. The quantitative estimate of drug-likeness (QED) is 0.570. The Morgan fingerprint density at radius 2 is 2.33 bits per heavy atom. The van der Waals surface area contributed by atoms with Crippen LogP contribution < -0.4 is 5.32 Å². The zero-order valence-electron chi connectivity index (χ0n) is 15.0. The van der Waals surface area contributed by atoms with Gasteiger partial charge in [-0.05, 0) is 31.6 Å². The van der Waals surface area contributed by atoms with Crippen molar-refractivity contribution in [2.45, 2.75) is 44.1 Å². The van der Waals surface area contributed by atoms with E-state index in [1.165, 1.54) is 0 Å². The van der Waals surface area contributed by atoms with Crippen molar-refractivity contribution in [3.8, 4) is 0 Å². The molecular weight excluding hydrogens is 344 g/mol. The Balaban J connectivity index is 2.03. The number of aromatic nitrogens is 1. The Morgan fingerprint density at radius 3 is 2.83 bits per heavy atom. The van der Waals surface area contributed by atoms with Gasteiger partial charge in [0.1, 0.15) is 0 Å². The normalized spacial score (nSPS) is 23.9. The van der Waals surface area contributed by atoms with E-state index in [9.17, 15) is 5.11 Å². The predicted molar refractivity (Wildman–Crippen MR) is 104 cm³/mol. The summed E-state index contributed by atoms with van der Waals surface area (Å²) < 4.78 is 2.02. The number of thioether (sulfide) groups is 1. The molecule has 5 nitrogen and oxygen atoms in total. The van der Waals surface area contributed by atoms with Crippen LogP contribution in [0, 0.1) is 0 Å². The second-order valence-corrected chi connectivity index (χ2v) is 8.29. The highest BCUT2D eigenvalue weighted by atomic mass is 35.5. The smallest absolute Gasteiger partial charge is 0.194 e. The topological polar surface area (TPSA) is 52.8 Å². The standard InChI is InChI=1S/C17H29ClN4OS/c1-5-19-16(20-12-17(23)8-7-15(17)24-6-2)22(4)11-14-9-13(18)10-21(14)3/h9-10,15,23H,5-8,11-12H2,1-4H3,(H,19,20). The van der Waals surface area contributed by atoms with Crippen LogP contribution in [0.3, 0.4) is 0 Å². The van der Waals surface area contributed by atoms with Crippen molar-refractivity contribution in [1.29, 1.82) is 0 Å². The Labute approximate surface area is 154 Å². The van der Waals surface area contributed by atoms with Gasteiger partial charge in [0.05, 0.1) is 23.7 Å². The van der Waals surface area contributed by atoms with Gasteiger partial charge in [0.2, 0.25) is 0 Å². The third-order valence-corrected chi connectivity index (χ3v) is 6.10. The molecule has 1 heterocycles. The minimum absolute atomic E-state index is 0.311. The molecule has 7 heteroatoms. The summed E-state index contributed by atoms with van der Waals surface area (Å²) in [5.74, 6) is 1.85. The summed E-state index contributed by atoms with van der Waals surface area (Å²) >= 11 is 7.90. The summed E-state index contributed by atoms with van der Waals surface area (Å²) in [5, 5.41) is 15.1. The molecule has 1 fully saturated rings. The lowest BCUT2D eigenvalue weighted by atomic mass is 9.79. The van der Waals surface area contributed by atoms with E-state index in [2.05, 4.69) is 24.1 Å². The van der Waals surface area contributed by atoms with Crippen molar-refractivity contribution >= 4 is 29.3 Å². The Bertz CT molecular complexity index is 577. The van der Waals surface area contributed by atoms with E-state index < -0.39 is 5.60 Å². The van der Waals surface area contributed by atoms with Crippen LogP contribution in [0.25, 0.3) is 0 Å². The van der Waals surface area contributed by atoms with Crippen molar-refractivity contribution in [1.82, 2.24) is 14.8 Å². The number of aliphatic imine (C=N–C) groups is 1. The maximum atomic E-state index is 10.7. The van der Waals surface area contributed by atoms with Gasteiger partial charge in [-0.25, -0.2) is 0 Å². The first-order valence-corrected chi connectivity index (χ1v) is 9.96. The Hall–Kier alpha value is -0.850. The van der Waals surface area contributed by atoms with Gasteiger partial charge in [0.15, 0.2) is 5.96 Å². The van der Waals surface area contributed by atoms with E-state index in [0.29, 0.717) is 18.3 Å². The van der Waals surface area contributed by atoms with Crippen molar-refractivity contribution in [3.05, 3.63) is 23.0 Å². The van der Waals surface area contributed by atoms with Gasteiger partial charge >= 0.3 is 0 Å². The average molecular weight is 373 g/mol. The molecule has 1 aliphatic rings. The van der Waals surface area contributed by atoms with Crippen LogP contribution in [0.5, 0.6) is 0 Å². The van der Waals surface area contributed by atoms with Crippen LogP contribution in [0.1, 0.15) is 32.4 Å². The van der Waals surface area contributed by atoms with E-state index in [-0.39, 0.29) is 0 Å². The Kier molecular flexibility index (Phi) is 6.89. The molecule has 2 unspecified atom stereocenters. The van der Waals surface area contributed by atoms with Gasteiger partial charge in [-0.2, -0.15) is 11.8 Å². The number of hydrogen-bond acceptors (Lipinski definition) is 3. The van der Waals surface area contributed by atoms with E-state index in [1.54, 1.807) is 0 Å². The third-order valence-electron chi connectivity index (χ3n) is 4.48. The molecule has 0 bridgehead atoms. The number of nitrogens with zero attached hydrogens (tertiary/aromatic N) is 3. The second-order valence-electron chi connectivity index (χ2n) is 6.37. The minimum atomic E-state index is -0.656. The SMILES string of the molecule is CCNC(=NCC1(O)CCC1SCC)N(C)Cc1cc(Cl)cn1C. The zero-order valence-corrected chi connectivity index (χ0v) is 16.6. The van der Waals surface area contributed by atoms with Crippen LogP contribution >= 0.6 is 23.4 Å². The number of aryl methyl sites for hydroxylation is 1. The molecule has 0 aromatic carbocycles. The molecule has 1 aliphatic carbocycles. The summed E-state index contributed by atoms with van der Waals surface area (Å²) in [6, 6.07) is 1.97. The zero-order chi connectivity index (χ0) is 17.7. The number of nitrogens with one attached hydrogen (secondary N) is 1. The average Bonchev–Trinajstić information content (AvgIpc) is 2.85. The first-order chi connectivity index (χ1) is 11.4. The van der Waals surface area contributed by atoms with Gasteiger partial charge < -0.3 is 19.9 Å². The lowest BCUT2D eigenvalue weighted by molar-refractivity contribution is -0.0156. The number of halogens is 1. The van der Waals surface area contributed by atoms with Crippen LogP contribution in [-0.4, -0.2) is 57.3 Å². The number of hydrogen-bond donors (Lipinski definition) is 2. The molecule has 2 atom stereocenters. The van der Waals surface area contributed by atoms with E-state index in [1.807, 2.05) is 42.7 Å². The summed E-state index contributed by atoms with van der Waals surface area (Å²) in [4.78, 5) is 6.77. The predicted octanol–water partition coefficient (Wildman–Crippen LogP) is 2.72. The lowest BCUT2D eigenvalue weighted by Gasteiger charge is -2.44. The fraction of sp³-hybridized carbons (Fsp3) is 0.706. The van der Waals surface area contributed by atoms with Crippen molar-refractivity contribution in [2.75, 3.05) is 25.9 Å². The number of rotatable bonds is 7. The molecule has 2 N–H and O–H groups in total. The van der Waals surface area contributed by atoms with Crippen molar-refractivity contribution in [3.63, 3.8) is 0 Å². The molecule has 0 spiro atoms. The highest BCUT2D eigenvalue weighted by Crippen LogP contribution is 2.41. The highest BCUT2D eigenvalue weighted by Gasteiger charge is 2.45. The van der Waals surface area contributed by atoms with Gasteiger partial charge in [-0.1, -0.05) is 18.5 Å². The van der Waals surface area contributed by atoms with Gasteiger partial charge in [0, 0.05) is 37.8 Å². The fourth-order valence-corrected chi connectivity index (χ4v) is 4.40. The molecular formula is C17H29ClN4OS. The van der Waals surface area contributed by atoms with Crippen molar-refractivity contribution in [2.24, 2.45) is 12.0 Å². The molecule has 136 valence electrons.